The van der Waals surface area contributed by atoms with Crippen molar-refractivity contribution in [3.05, 3.63) is 42.7 Å². The molecule has 0 spiro atoms. The van der Waals surface area contributed by atoms with Gasteiger partial charge in [-0.25, -0.2) is 8.42 Å². The maximum absolute atomic E-state index is 13.2. The predicted molar refractivity (Wildman–Crippen MR) is 96.2 cm³/mol. The summed E-state index contributed by atoms with van der Waals surface area (Å²) < 4.78 is 44.1. The van der Waals surface area contributed by atoms with Gasteiger partial charge in [0.05, 0.1) is 20.8 Å². The molecule has 0 N–H and O–H groups in total. The van der Waals surface area contributed by atoms with Gasteiger partial charge in [0.15, 0.2) is 0 Å². The Labute approximate surface area is 153 Å². The predicted octanol–water partition coefficient (Wildman–Crippen LogP) is 2.33. The molecule has 1 aliphatic rings. The summed E-state index contributed by atoms with van der Waals surface area (Å²) in [7, 11) is -0.778. The molecule has 0 saturated carbocycles. The van der Waals surface area contributed by atoms with Crippen LogP contribution in [-0.2, 0) is 10.0 Å². The molecule has 1 aromatic carbocycles. The van der Waals surface area contributed by atoms with Crippen molar-refractivity contribution in [2.45, 2.75) is 23.8 Å². The Morgan fingerprint density at radius 1 is 1.08 bits per heavy atom. The number of aromatic nitrogens is 1. The summed E-state index contributed by atoms with van der Waals surface area (Å²) in [5.41, 5.74) is 0. The summed E-state index contributed by atoms with van der Waals surface area (Å²) in [5.74, 6) is 1.44. The highest BCUT2D eigenvalue weighted by molar-refractivity contribution is 7.89. The van der Waals surface area contributed by atoms with Crippen molar-refractivity contribution in [1.29, 1.82) is 0 Å². The lowest BCUT2D eigenvalue weighted by Crippen LogP contribution is -2.44. The average Bonchev–Trinajstić information content (AvgIpc) is 2.68. The number of pyridine rings is 1. The Bertz CT molecular complexity index is 842. The normalized spacial score (nSPS) is 18.3. The Kier molecular flexibility index (Phi) is 5.63. The van der Waals surface area contributed by atoms with E-state index in [0.29, 0.717) is 23.8 Å². The number of piperidine rings is 1. The van der Waals surface area contributed by atoms with Gasteiger partial charge in [-0.1, -0.05) is 0 Å². The van der Waals surface area contributed by atoms with Crippen LogP contribution in [0.1, 0.15) is 12.8 Å². The molecule has 7 nitrogen and oxygen atoms in total. The number of benzene rings is 1. The first-order chi connectivity index (χ1) is 12.5. The zero-order chi connectivity index (χ0) is 18.6. The summed E-state index contributed by atoms with van der Waals surface area (Å²) in [5, 5.41) is 0. The van der Waals surface area contributed by atoms with Crippen LogP contribution < -0.4 is 14.2 Å². The molecule has 1 atom stereocenters. The summed E-state index contributed by atoms with van der Waals surface area (Å²) in [4.78, 5) is 4.06. The molecule has 8 heteroatoms. The molecule has 1 saturated heterocycles. The minimum absolute atomic E-state index is 0.101. The van der Waals surface area contributed by atoms with E-state index in [1.54, 1.807) is 36.7 Å². The van der Waals surface area contributed by atoms with Crippen LogP contribution in [0.4, 0.5) is 0 Å². The van der Waals surface area contributed by atoms with Gasteiger partial charge in [-0.3, -0.25) is 4.98 Å². The number of hydrogen-bond donors (Lipinski definition) is 0. The van der Waals surface area contributed by atoms with E-state index in [4.69, 9.17) is 14.2 Å². The van der Waals surface area contributed by atoms with Crippen molar-refractivity contribution < 1.29 is 22.6 Å². The van der Waals surface area contributed by atoms with Crippen molar-refractivity contribution in [3.8, 4) is 17.2 Å². The molecule has 0 bridgehead atoms. The van der Waals surface area contributed by atoms with Crippen molar-refractivity contribution >= 4 is 10.0 Å². The van der Waals surface area contributed by atoms with Crippen molar-refractivity contribution in [3.63, 3.8) is 0 Å². The molecule has 3 rings (SSSR count). The SMILES string of the molecule is COc1ccc(OC)c(S(=O)(=O)N2CCCC(Oc3ccncc3)C2)c1. The Balaban J connectivity index is 1.83. The molecule has 2 heterocycles. The molecular weight excluding hydrogens is 356 g/mol. The lowest BCUT2D eigenvalue weighted by molar-refractivity contribution is 0.129. The minimum Gasteiger partial charge on any atom is -0.497 e. The maximum Gasteiger partial charge on any atom is 0.247 e. The fourth-order valence-corrected chi connectivity index (χ4v) is 4.63. The summed E-state index contributed by atoms with van der Waals surface area (Å²) in [6, 6.07) is 8.28. The lowest BCUT2D eigenvalue weighted by Gasteiger charge is -2.32. The monoisotopic (exact) mass is 378 g/mol. The first kappa shape index (κ1) is 18.5. The Morgan fingerprint density at radius 3 is 2.54 bits per heavy atom. The van der Waals surface area contributed by atoms with Crippen LogP contribution in [-0.4, -0.2) is 51.1 Å². The van der Waals surface area contributed by atoms with E-state index in [1.165, 1.54) is 24.6 Å². The van der Waals surface area contributed by atoms with Crippen LogP contribution in [0.3, 0.4) is 0 Å². The van der Waals surface area contributed by atoms with E-state index >= 15 is 0 Å². The van der Waals surface area contributed by atoms with Crippen LogP contribution in [0.2, 0.25) is 0 Å². The first-order valence-electron chi connectivity index (χ1n) is 8.33. The number of sulfonamides is 1. The molecule has 1 fully saturated rings. The van der Waals surface area contributed by atoms with E-state index in [-0.39, 0.29) is 17.5 Å². The molecular formula is C18H22N2O5S. The minimum atomic E-state index is -3.73. The third kappa shape index (κ3) is 3.91. The highest BCUT2D eigenvalue weighted by Crippen LogP contribution is 2.32. The van der Waals surface area contributed by atoms with Gasteiger partial charge < -0.3 is 14.2 Å². The van der Waals surface area contributed by atoms with Crippen LogP contribution in [0.25, 0.3) is 0 Å². The fraction of sp³-hybridized carbons (Fsp3) is 0.389. The van der Waals surface area contributed by atoms with Crippen molar-refractivity contribution in [2.24, 2.45) is 0 Å². The zero-order valence-electron chi connectivity index (χ0n) is 14.8. The Hall–Kier alpha value is -2.32. The van der Waals surface area contributed by atoms with Crippen LogP contribution in [0, 0.1) is 0 Å². The first-order valence-corrected chi connectivity index (χ1v) is 9.77. The summed E-state index contributed by atoms with van der Waals surface area (Å²) in [6.45, 7) is 0.726. The molecule has 1 aliphatic heterocycles. The van der Waals surface area contributed by atoms with Crippen LogP contribution >= 0.6 is 0 Å². The van der Waals surface area contributed by atoms with Gasteiger partial charge in [0.1, 0.15) is 28.2 Å². The second kappa shape index (κ2) is 7.92. The molecule has 1 unspecified atom stereocenters. The smallest absolute Gasteiger partial charge is 0.247 e. The standard InChI is InChI=1S/C18H22N2O5S/c1-23-15-5-6-17(24-2)18(12-15)26(21,22)20-11-3-4-16(13-20)25-14-7-9-19-10-8-14/h5-10,12,16H,3-4,11,13H2,1-2H3. The van der Waals surface area contributed by atoms with Gasteiger partial charge >= 0.3 is 0 Å². The summed E-state index contributed by atoms with van der Waals surface area (Å²) >= 11 is 0. The highest BCUT2D eigenvalue weighted by atomic mass is 32.2. The zero-order valence-corrected chi connectivity index (χ0v) is 15.6. The topological polar surface area (TPSA) is 78.0 Å². The molecule has 0 aliphatic carbocycles. The maximum atomic E-state index is 13.2. The molecule has 0 radical (unpaired) electrons. The number of nitrogens with zero attached hydrogens (tertiary/aromatic N) is 2. The van der Waals surface area contributed by atoms with Gasteiger partial charge in [-0.15, -0.1) is 0 Å². The van der Waals surface area contributed by atoms with Gasteiger partial charge in [-0.2, -0.15) is 4.31 Å². The Morgan fingerprint density at radius 2 is 1.85 bits per heavy atom. The van der Waals surface area contributed by atoms with E-state index in [9.17, 15) is 8.42 Å². The third-order valence-electron chi connectivity index (χ3n) is 4.28. The number of ether oxygens (including phenoxy) is 3. The average molecular weight is 378 g/mol. The lowest BCUT2D eigenvalue weighted by atomic mass is 10.1. The molecule has 26 heavy (non-hydrogen) atoms. The largest absolute Gasteiger partial charge is 0.497 e. The van der Waals surface area contributed by atoms with E-state index in [1.807, 2.05) is 0 Å². The number of rotatable bonds is 6. The van der Waals surface area contributed by atoms with Crippen molar-refractivity contribution in [1.82, 2.24) is 9.29 Å². The van der Waals surface area contributed by atoms with Crippen molar-refractivity contribution in [2.75, 3.05) is 27.3 Å². The van der Waals surface area contributed by atoms with Gasteiger partial charge in [0, 0.05) is 25.0 Å². The van der Waals surface area contributed by atoms with Gasteiger partial charge in [0.2, 0.25) is 10.0 Å². The molecule has 1 aromatic heterocycles. The second-order valence-electron chi connectivity index (χ2n) is 5.94. The molecule has 0 amide bonds. The summed E-state index contributed by atoms with van der Waals surface area (Å²) in [6.07, 6.45) is 4.60. The number of hydrogen-bond acceptors (Lipinski definition) is 6. The van der Waals surface area contributed by atoms with Gasteiger partial charge in [-0.05, 0) is 37.1 Å². The highest BCUT2D eigenvalue weighted by Gasteiger charge is 2.33. The van der Waals surface area contributed by atoms with E-state index < -0.39 is 10.0 Å². The van der Waals surface area contributed by atoms with E-state index in [0.717, 1.165) is 12.8 Å². The molecule has 140 valence electrons. The molecule has 2 aromatic rings. The fourth-order valence-electron chi connectivity index (χ4n) is 2.95. The van der Waals surface area contributed by atoms with Crippen LogP contribution in [0.5, 0.6) is 17.2 Å². The van der Waals surface area contributed by atoms with Crippen LogP contribution in [0.15, 0.2) is 47.6 Å². The second-order valence-corrected chi connectivity index (χ2v) is 7.85. The third-order valence-corrected chi connectivity index (χ3v) is 6.17. The van der Waals surface area contributed by atoms with E-state index in [2.05, 4.69) is 4.98 Å². The number of methoxy groups -OCH3 is 2. The van der Waals surface area contributed by atoms with Gasteiger partial charge in [0.25, 0.3) is 0 Å². The quantitative estimate of drug-likeness (QED) is 0.768.